The molecule has 0 spiro atoms. The summed E-state index contributed by atoms with van der Waals surface area (Å²) < 4.78 is 42.2. The highest BCUT2D eigenvalue weighted by molar-refractivity contribution is 14.1. The minimum atomic E-state index is -3.64. The molecule has 0 aliphatic rings. The lowest BCUT2D eigenvalue weighted by Crippen LogP contribution is -2.30. The Morgan fingerprint density at radius 2 is 1.74 bits per heavy atom. The normalized spacial score (nSPS) is 11.5. The monoisotopic (exact) mass is 499 g/mol. The fourth-order valence-electron chi connectivity index (χ4n) is 2.37. The number of sulfonamides is 1. The van der Waals surface area contributed by atoms with Crippen LogP contribution in [-0.4, -0.2) is 24.5 Å². The van der Waals surface area contributed by atoms with Gasteiger partial charge in [-0.05, 0) is 71.1 Å². The van der Waals surface area contributed by atoms with Crippen LogP contribution in [0.25, 0.3) is 11.3 Å². The van der Waals surface area contributed by atoms with Gasteiger partial charge in [-0.25, -0.2) is 22.5 Å². The molecular formula is C18H15FIN3O3S. The standard InChI is InChI=1S/C18H15FIN3O3S/c19-14-3-1-13(2-4-14)17-11-18(24)23(12-21-17)10-9-22-27(25,26)16-7-5-15(20)6-8-16/h1-8,11-12,22H,9-10H2. The summed E-state index contributed by atoms with van der Waals surface area (Å²) in [5.41, 5.74) is 0.730. The second-order valence-electron chi connectivity index (χ2n) is 5.66. The molecule has 2 aromatic carbocycles. The Balaban J connectivity index is 1.67. The van der Waals surface area contributed by atoms with Crippen LogP contribution >= 0.6 is 22.6 Å². The molecule has 1 N–H and O–H groups in total. The second-order valence-corrected chi connectivity index (χ2v) is 8.68. The zero-order valence-electron chi connectivity index (χ0n) is 14.0. The van der Waals surface area contributed by atoms with E-state index in [4.69, 9.17) is 0 Å². The van der Waals surface area contributed by atoms with Crippen molar-refractivity contribution in [3.63, 3.8) is 0 Å². The van der Waals surface area contributed by atoms with Gasteiger partial charge in [0.1, 0.15) is 5.82 Å². The zero-order valence-corrected chi connectivity index (χ0v) is 16.9. The number of nitrogens with one attached hydrogen (secondary N) is 1. The summed E-state index contributed by atoms with van der Waals surface area (Å²) in [5.74, 6) is -0.368. The molecule has 1 heterocycles. The fourth-order valence-corrected chi connectivity index (χ4v) is 3.75. The summed E-state index contributed by atoms with van der Waals surface area (Å²) in [6, 6.07) is 13.5. The summed E-state index contributed by atoms with van der Waals surface area (Å²) >= 11 is 2.09. The molecule has 1 aromatic heterocycles. The van der Waals surface area contributed by atoms with Gasteiger partial charge in [-0.2, -0.15) is 0 Å². The first-order valence-corrected chi connectivity index (χ1v) is 10.5. The molecule has 0 saturated carbocycles. The van der Waals surface area contributed by atoms with Crippen LogP contribution < -0.4 is 10.3 Å². The number of benzene rings is 2. The van der Waals surface area contributed by atoms with Crippen LogP contribution in [0, 0.1) is 9.39 Å². The van der Waals surface area contributed by atoms with E-state index in [-0.39, 0.29) is 29.4 Å². The van der Waals surface area contributed by atoms with Crippen molar-refractivity contribution in [2.24, 2.45) is 0 Å². The maximum absolute atomic E-state index is 13.0. The number of hydrogen-bond acceptors (Lipinski definition) is 4. The van der Waals surface area contributed by atoms with Crippen LogP contribution in [0.3, 0.4) is 0 Å². The van der Waals surface area contributed by atoms with Gasteiger partial charge in [0.15, 0.2) is 0 Å². The third kappa shape index (κ3) is 4.99. The molecule has 0 radical (unpaired) electrons. The van der Waals surface area contributed by atoms with E-state index in [0.717, 1.165) is 3.57 Å². The Labute approximate surface area is 169 Å². The van der Waals surface area contributed by atoms with E-state index in [1.807, 2.05) is 0 Å². The van der Waals surface area contributed by atoms with Crippen LogP contribution in [-0.2, 0) is 16.6 Å². The minimum absolute atomic E-state index is 0.0474. The maximum atomic E-state index is 13.0. The van der Waals surface area contributed by atoms with E-state index >= 15 is 0 Å². The molecule has 0 bridgehead atoms. The Morgan fingerprint density at radius 3 is 2.37 bits per heavy atom. The lowest BCUT2D eigenvalue weighted by Gasteiger charge is -2.09. The first kappa shape index (κ1) is 19.6. The SMILES string of the molecule is O=c1cc(-c2ccc(F)cc2)ncn1CCNS(=O)(=O)c1ccc(I)cc1. The van der Waals surface area contributed by atoms with Gasteiger partial charge < -0.3 is 0 Å². The first-order chi connectivity index (χ1) is 12.8. The van der Waals surface area contributed by atoms with Gasteiger partial charge in [-0.3, -0.25) is 9.36 Å². The third-order valence-electron chi connectivity index (χ3n) is 3.79. The van der Waals surface area contributed by atoms with Gasteiger partial charge in [-0.1, -0.05) is 0 Å². The van der Waals surface area contributed by atoms with Crippen molar-refractivity contribution in [3.05, 3.63) is 80.7 Å². The average molecular weight is 499 g/mol. The molecule has 0 atom stereocenters. The zero-order chi connectivity index (χ0) is 19.4. The number of aromatic nitrogens is 2. The summed E-state index contributed by atoms with van der Waals surface area (Å²) in [6.45, 7) is 0.185. The number of nitrogens with zero attached hydrogens (tertiary/aromatic N) is 2. The maximum Gasteiger partial charge on any atom is 0.253 e. The molecule has 0 unspecified atom stereocenters. The van der Waals surface area contributed by atoms with Crippen molar-refractivity contribution in [3.8, 4) is 11.3 Å². The van der Waals surface area contributed by atoms with E-state index in [9.17, 15) is 17.6 Å². The Hall–Kier alpha value is -2.11. The number of halogens is 2. The fraction of sp³-hybridized carbons (Fsp3) is 0.111. The van der Waals surface area contributed by atoms with Gasteiger partial charge in [0.05, 0.1) is 16.9 Å². The smallest absolute Gasteiger partial charge is 0.253 e. The topological polar surface area (TPSA) is 81.1 Å². The Bertz CT molecular complexity index is 1100. The lowest BCUT2D eigenvalue weighted by atomic mass is 10.1. The molecular weight excluding hydrogens is 484 g/mol. The summed E-state index contributed by atoms with van der Waals surface area (Å²) in [4.78, 5) is 16.6. The van der Waals surface area contributed by atoms with E-state index < -0.39 is 10.0 Å². The Kier molecular flexibility index (Phi) is 6.02. The first-order valence-electron chi connectivity index (χ1n) is 7.93. The molecule has 3 rings (SSSR count). The summed E-state index contributed by atoms with van der Waals surface area (Å²) in [5, 5.41) is 0. The van der Waals surface area contributed by atoms with Crippen molar-refractivity contribution in [2.75, 3.05) is 6.54 Å². The molecule has 0 aliphatic heterocycles. The molecule has 3 aromatic rings. The van der Waals surface area contributed by atoms with Crippen LogP contribution in [0.5, 0.6) is 0 Å². The number of hydrogen-bond donors (Lipinski definition) is 1. The predicted molar refractivity (Wildman–Crippen MR) is 108 cm³/mol. The second kappa shape index (κ2) is 8.28. The van der Waals surface area contributed by atoms with E-state index in [0.29, 0.717) is 11.3 Å². The predicted octanol–water partition coefficient (Wildman–Crippen LogP) is 2.63. The lowest BCUT2D eigenvalue weighted by molar-refractivity contribution is 0.569. The van der Waals surface area contributed by atoms with Gasteiger partial charge >= 0.3 is 0 Å². The van der Waals surface area contributed by atoms with Crippen molar-refractivity contribution in [2.45, 2.75) is 11.4 Å². The highest BCUT2D eigenvalue weighted by Crippen LogP contribution is 2.15. The summed E-state index contributed by atoms with van der Waals surface area (Å²) in [7, 11) is -3.64. The van der Waals surface area contributed by atoms with Crippen molar-refractivity contribution in [1.29, 1.82) is 0 Å². The van der Waals surface area contributed by atoms with Crippen LogP contribution in [0.1, 0.15) is 0 Å². The van der Waals surface area contributed by atoms with Gasteiger partial charge in [0.2, 0.25) is 10.0 Å². The third-order valence-corrected chi connectivity index (χ3v) is 5.98. The van der Waals surface area contributed by atoms with E-state index in [1.165, 1.54) is 53.4 Å². The van der Waals surface area contributed by atoms with Gasteiger partial charge in [-0.15, -0.1) is 0 Å². The molecule has 0 amide bonds. The average Bonchev–Trinajstić information content (AvgIpc) is 2.64. The van der Waals surface area contributed by atoms with Crippen molar-refractivity contribution >= 4 is 32.6 Å². The van der Waals surface area contributed by atoms with Crippen molar-refractivity contribution < 1.29 is 12.8 Å². The summed E-state index contributed by atoms with van der Waals surface area (Å²) in [6.07, 6.45) is 1.35. The molecule has 9 heteroatoms. The van der Waals surface area contributed by atoms with Crippen LogP contribution in [0.4, 0.5) is 4.39 Å². The molecule has 0 fully saturated rings. The quantitative estimate of drug-likeness (QED) is 0.529. The van der Waals surface area contributed by atoms with Crippen LogP contribution in [0.15, 0.2) is 70.6 Å². The molecule has 6 nitrogen and oxygen atoms in total. The highest BCUT2D eigenvalue weighted by atomic mass is 127. The van der Waals surface area contributed by atoms with E-state index in [1.54, 1.807) is 12.1 Å². The minimum Gasteiger partial charge on any atom is -0.298 e. The van der Waals surface area contributed by atoms with Gasteiger partial charge in [0.25, 0.3) is 5.56 Å². The molecule has 27 heavy (non-hydrogen) atoms. The van der Waals surface area contributed by atoms with Crippen molar-refractivity contribution in [1.82, 2.24) is 14.3 Å². The largest absolute Gasteiger partial charge is 0.298 e. The molecule has 0 saturated heterocycles. The highest BCUT2D eigenvalue weighted by Gasteiger charge is 2.13. The van der Waals surface area contributed by atoms with Gasteiger partial charge in [0, 0.05) is 28.3 Å². The Morgan fingerprint density at radius 1 is 1.07 bits per heavy atom. The number of rotatable bonds is 6. The molecule has 0 aliphatic carbocycles. The van der Waals surface area contributed by atoms with Crippen LogP contribution in [0.2, 0.25) is 0 Å². The molecule has 140 valence electrons. The van der Waals surface area contributed by atoms with E-state index in [2.05, 4.69) is 32.3 Å².